The number of methoxy groups -OCH3 is 1. The van der Waals surface area contributed by atoms with Crippen LogP contribution in [0.2, 0.25) is 5.02 Å². The molecule has 0 unspecified atom stereocenters. The monoisotopic (exact) mass is 478 g/mol. The Hall–Kier alpha value is -3.31. The zero-order valence-corrected chi connectivity index (χ0v) is 18.6. The number of carbonyl (C=O) groups excluding carboxylic acids is 1. The number of ether oxygens (including phenoxy) is 1. The van der Waals surface area contributed by atoms with Crippen LogP contribution in [0.25, 0.3) is 0 Å². The van der Waals surface area contributed by atoms with Gasteiger partial charge >= 0.3 is 0 Å². The average Bonchev–Trinajstić information content (AvgIpc) is 3.18. The SMILES string of the molecule is CNC(=O)c1nn(Cc2ccccc2C(F)F)c2c1CN(c1cn[nH]c(=O)c1Cl)C[C@@H]2OC. The molecule has 2 aromatic heterocycles. The first-order valence-electron chi connectivity index (χ1n) is 10.0. The number of hydrogen-bond donors (Lipinski definition) is 2. The molecule has 9 nitrogen and oxygen atoms in total. The number of rotatable bonds is 6. The molecular formula is C21H21ClF2N6O3. The second kappa shape index (κ2) is 9.28. The summed E-state index contributed by atoms with van der Waals surface area (Å²) in [5.41, 5.74) is 1.43. The lowest BCUT2D eigenvalue weighted by Gasteiger charge is -2.34. The summed E-state index contributed by atoms with van der Waals surface area (Å²) >= 11 is 6.20. The molecule has 0 bridgehead atoms. The summed E-state index contributed by atoms with van der Waals surface area (Å²) in [6.45, 7) is 0.510. The zero-order chi connectivity index (χ0) is 23.7. The number of alkyl halides is 2. The second-order valence-electron chi connectivity index (χ2n) is 7.45. The highest BCUT2D eigenvalue weighted by atomic mass is 35.5. The van der Waals surface area contributed by atoms with Crippen LogP contribution in [-0.4, -0.2) is 46.6 Å². The van der Waals surface area contributed by atoms with Crippen molar-refractivity contribution in [1.29, 1.82) is 0 Å². The van der Waals surface area contributed by atoms with E-state index in [0.29, 0.717) is 22.5 Å². The Kier molecular flexibility index (Phi) is 6.43. The molecule has 0 spiro atoms. The molecule has 0 saturated heterocycles. The molecule has 0 radical (unpaired) electrons. The third-order valence-electron chi connectivity index (χ3n) is 5.59. The summed E-state index contributed by atoms with van der Waals surface area (Å²) in [4.78, 5) is 26.3. The molecular weight excluding hydrogens is 458 g/mol. The van der Waals surface area contributed by atoms with Crippen LogP contribution in [0.4, 0.5) is 14.5 Å². The smallest absolute Gasteiger partial charge is 0.285 e. The Bertz CT molecular complexity index is 1240. The molecule has 3 heterocycles. The molecule has 0 saturated carbocycles. The van der Waals surface area contributed by atoms with Crippen LogP contribution in [0.1, 0.15) is 45.4 Å². The van der Waals surface area contributed by atoms with Crippen molar-refractivity contribution >= 4 is 23.2 Å². The maximum absolute atomic E-state index is 13.5. The Balaban J connectivity index is 1.82. The van der Waals surface area contributed by atoms with E-state index in [1.54, 1.807) is 23.1 Å². The van der Waals surface area contributed by atoms with Gasteiger partial charge in [0.2, 0.25) is 0 Å². The molecule has 2 N–H and O–H groups in total. The van der Waals surface area contributed by atoms with Gasteiger partial charge < -0.3 is 15.0 Å². The molecule has 1 aromatic carbocycles. The summed E-state index contributed by atoms with van der Waals surface area (Å²) in [6, 6.07) is 6.20. The Labute approximate surface area is 192 Å². The van der Waals surface area contributed by atoms with Crippen molar-refractivity contribution in [3.05, 3.63) is 73.9 Å². The van der Waals surface area contributed by atoms with E-state index in [2.05, 4.69) is 20.6 Å². The van der Waals surface area contributed by atoms with Crippen LogP contribution in [-0.2, 0) is 17.8 Å². The number of benzene rings is 1. The molecule has 33 heavy (non-hydrogen) atoms. The van der Waals surface area contributed by atoms with Crippen molar-refractivity contribution in [1.82, 2.24) is 25.3 Å². The first-order valence-corrected chi connectivity index (χ1v) is 10.4. The van der Waals surface area contributed by atoms with Gasteiger partial charge in [-0.3, -0.25) is 14.3 Å². The number of halogens is 3. The van der Waals surface area contributed by atoms with Crippen LogP contribution in [0.3, 0.4) is 0 Å². The quantitative estimate of drug-likeness (QED) is 0.564. The number of hydrogen-bond acceptors (Lipinski definition) is 6. The number of nitrogens with one attached hydrogen (secondary N) is 2. The Morgan fingerprint density at radius 1 is 1.39 bits per heavy atom. The Morgan fingerprint density at radius 2 is 2.15 bits per heavy atom. The van der Waals surface area contributed by atoms with Crippen LogP contribution >= 0.6 is 11.6 Å². The van der Waals surface area contributed by atoms with Gasteiger partial charge in [0, 0.05) is 31.8 Å². The van der Waals surface area contributed by atoms with Crippen molar-refractivity contribution in [2.24, 2.45) is 0 Å². The number of nitrogens with zero attached hydrogens (tertiary/aromatic N) is 4. The number of amides is 1. The van der Waals surface area contributed by atoms with Gasteiger partial charge in [0.25, 0.3) is 17.9 Å². The van der Waals surface area contributed by atoms with E-state index in [0.717, 1.165) is 0 Å². The molecule has 0 fully saturated rings. The third-order valence-corrected chi connectivity index (χ3v) is 5.95. The molecule has 1 atom stereocenters. The molecule has 1 aliphatic rings. The number of fused-ring (bicyclic) bond motifs is 1. The minimum Gasteiger partial charge on any atom is -0.373 e. The maximum atomic E-state index is 13.5. The highest BCUT2D eigenvalue weighted by molar-refractivity contribution is 6.33. The standard InChI is InChI=1S/C21H21ClF2N6O3/c1-25-21(32)17-13-9-29(14-7-26-27-20(31)16(14)22)10-15(33-2)18(13)30(28-17)8-11-5-3-4-6-12(11)19(23)24/h3-7,15,19H,8-10H2,1-2H3,(H,25,32)(H,27,31)/t15-/m0/s1. The number of aromatic nitrogens is 4. The lowest BCUT2D eigenvalue weighted by molar-refractivity contribution is 0.0944. The van der Waals surface area contributed by atoms with Crippen molar-refractivity contribution in [2.45, 2.75) is 25.6 Å². The minimum absolute atomic E-state index is 0.0347. The predicted octanol–water partition coefficient (Wildman–Crippen LogP) is 2.67. The van der Waals surface area contributed by atoms with E-state index >= 15 is 0 Å². The second-order valence-corrected chi connectivity index (χ2v) is 7.83. The molecule has 3 aromatic rings. The van der Waals surface area contributed by atoms with Crippen LogP contribution in [0.15, 0.2) is 35.3 Å². The van der Waals surface area contributed by atoms with E-state index in [1.807, 2.05) is 0 Å². The fourth-order valence-corrected chi connectivity index (χ4v) is 4.22. The fourth-order valence-electron chi connectivity index (χ4n) is 4.01. The molecule has 1 aliphatic heterocycles. The van der Waals surface area contributed by atoms with E-state index in [4.69, 9.17) is 16.3 Å². The topological polar surface area (TPSA) is 105 Å². The van der Waals surface area contributed by atoms with Crippen LogP contribution in [0.5, 0.6) is 0 Å². The minimum atomic E-state index is -2.65. The van der Waals surface area contributed by atoms with E-state index < -0.39 is 24.0 Å². The summed E-state index contributed by atoms with van der Waals surface area (Å²) in [5.74, 6) is -0.432. The van der Waals surface area contributed by atoms with Gasteiger partial charge in [-0.05, 0) is 5.56 Å². The molecule has 1 amide bonds. The highest BCUT2D eigenvalue weighted by Gasteiger charge is 2.35. The van der Waals surface area contributed by atoms with Crippen molar-refractivity contribution in [2.75, 3.05) is 25.6 Å². The average molecular weight is 479 g/mol. The van der Waals surface area contributed by atoms with Gasteiger partial charge in [-0.15, -0.1) is 0 Å². The third kappa shape index (κ3) is 4.21. The van der Waals surface area contributed by atoms with Gasteiger partial charge in [-0.25, -0.2) is 13.9 Å². The lowest BCUT2D eigenvalue weighted by Crippen LogP contribution is -2.37. The molecule has 174 valence electrons. The number of carbonyl (C=O) groups is 1. The molecule has 0 aliphatic carbocycles. The summed E-state index contributed by atoms with van der Waals surface area (Å²) in [7, 11) is 2.98. The summed E-state index contributed by atoms with van der Waals surface area (Å²) in [6.07, 6.45) is -1.80. The number of H-pyrrole nitrogens is 1. The highest BCUT2D eigenvalue weighted by Crippen LogP contribution is 2.36. The summed E-state index contributed by atoms with van der Waals surface area (Å²) in [5, 5.41) is 13.1. The largest absolute Gasteiger partial charge is 0.373 e. The normalized spacial score (nSPS) is 15.6. The Morgan fingerprint density at radius 3 is 2.85 bits per heavy atom. The maximum Gasteiger partial charge on any atom is 0.285 e. The van der Waals surface area contributed by atoms with Gasteiger partial charge in [-0.2, -0.15) is 10.2 Å². The fraction of sp³-hybridized carbons (Fsp3) is 0.333. The van der Waals surface area contributed by atoms with Crippen molar-refractivity contribution in [3.8, 4) is 0 Å². The van der Waals surface area contributed by atoms with E-state index in [9.17, 15) is 18.4 Å². The number of aromatic amines is 1. The number of anilines is 1. The van der Waals surface area contributed by atoms with Crippen molar-refractivity contribution < 1.29 is 18.3 Å². The van der Waals surface area contributed by atoms with Crippen molar-refractivity contribution in [3.63, 3.8) is 0 Å². The van der Waals surface area contributed by atoms with Crippen LogP contribution in [0, 0.1) is 0 Å². The molecule has 12 heteroatoms. The first kappa shape index (κ1) is 22.9. The predicted molar refractivity (Wildman–Crippen MR) is 117 cm³/mol. The van der Waals surface area contributed by atoms with Crippen LogP contribution < -0.4 is 15.8 Å². The van der Waals surface area contributed by atoms with Gasteiger partial charge in [-0.1, -0.05) is 35.9 Å². The van der Waals surface area contributed by atoms with E-state index in [-0.39, 0.29) is 35.9 Å². The lowest BCUT2D eigenvalue weighted by atomic mass is 10.0. The van der Waals surface area contributed by atoms with Gasteiger partial charge in [0.05, 0.1) is 30.7 Å². The molecule has 4 rings (SSSR count). The van der Waals surface area contributed by atoms with E-state index in [1.165, 1.54) is 31.1 Å². The van der Waals surface area contributed by atoms with Gasteiger partial charge in [0.1, 0.15) is 11.1 Å². The summed E-state index contributed by atoms with van der Waals surface area (Å²) < 4.78 is 34.3. The zero-order valence-electron chi connectivity index (χ0n) is 17.8. The first-order chi connectivity index (χ1) is 15.8. The van der Waals surface area contributed by atoms with Gasteiger partial charge in [0.15, 0.2) is 5.69 Å².